The second kappa shape index (κ2) is 4.70. The second-order valence-electron chi connectivity index (χ2n) is 2.68. The van der Waals surface area contributed by atoms with Gasteiger partial charge in [-0.1, -0.05) is 0 Å². The quantitative estimate of drug-likeness (QED) is 0.348. The second-order valence-corrected chi connectivity index (χ2v) is 3.03. The maximum absolute atomic E-state index is 11.2. The van der Waals surface area contributed by atoms with Crippen molar-refractivity contribution >= 4 is 29.1 Å². The van der Waals surface area contributed by atoms with Gasteiger partial charge in [0.05, 0.1) is 12.0 Å². The van der Waals surface area contributed by atoms with Gasteiger partial charge in [0.25, 0.3) is 0 Å². The molecule has 0 unspecified atom stereocenters. The third-order valence-electron chi connectivity index (χ3n) is 1.71. The minimum absolute atomic E-state index is 0.631. The summed E-state index contributed by atoms with van der Waals surface area (Å²) in [6.45, 7) is 0. The first kappa shape index (κ1) is 12.8. The van der Waals surface area contributed by atoms with E-state index in [0.29, 0.717) is 6.07 Å². The van der Waals surface area contributed by atoms with Gasteiger partial charge >= 0.3 is 22.6 Å². The van der Waals surface area contributed by atoms with Crippen LogP contribution in [0.4, 0.5) is 11.5 Å². The molecule has 0 amide bonds. The number of hydrogen-bond acceptors (Lipinski definition) is 7. The van der Waals surface area contributed by atoms with Crippen LogP contribution in [0.15, 0.2) is 6.07 Å². The molecule has 0 fully saturated rings. The highest BCUT2D eigenvalue weighted by atomic mass is 35.5. The maximum atomic E-state index is 11.2. The van der Waals surface area contributed by atoms with Crippen molar-refractivity contribution in [3.63, 3.8) is 0 Å². The Labute approximate surface area is 98.3 Å². The number of aromatic nitrogens is 1. The van der Waals surface area contributed by atoms with Crippen molar-refractivity contribution in [1.29, 1.82) is 0 Å². The summed E-state index contributed by atoms with van der Waals surface area (Å²) < 4.78 is 4.25. The zero-order chi connectivity index (χ0) is 13.2. The number of nitrogens with zero attached hydrogens (tertiary/aromatic N) is 3. The van der Waals surface area contributed by atoms with Crippen molar-refractivity contribution in [2.24, 2.45) is 0 Å². The Bertz CT molecular complexity index is 517. The molecule has 0 aliphatic carbocycles. The van der Waals surface area contributed by atoms with Crippen molar-refractivity contribution in [1.82, 2.24) is 4.98 Å². The molecule has 17 heavy (non-hydrogen) atoms. The van der Waals surface area contributed by atoms with E-state index >= 15 is 0 Å². The summed E-state index contributed by atoms with van der Waals surface area (Å²) in [5.74, 6) is -2.00. The molecular weight excluding hydrogens is 258 g/mol. The predicted octanol–water partition coefficient (Wildman–Crippen LogP) is 1.34. The largest absolute Gasteiger partial charge is 0.465 e. The van der Waals surface area contributed by atoms with Gasteiger partial charge in [-0.2, -0.15) is 0 Å². The van der Waals surface area contributed by atoms with Gasteiger partial charge in [-0.05, 0) is 21.5 Å². The molecule has 0 aromatic carbocycles. The Morgan fingerprint density at radius 1 is 1.41 bits per heavy atom. The normalized spacial score (nSPS) is 9.76. The van der Waals surface area contributed by atoms with Crippen LogP contribution in [0.2, 0.25) is 5.15 Å². The highest BCUT2D eigenvalue weighted by molar-refractivity contribution is 6.31. The Morgan fingerprint density at radius 3 is 2.41 bits per heavy atom. The molecule has 1 rings (SSSR count). The Morgan fingerprint density at radius 2 is 2.00 bits per heavy atom. The summed E-state index contributed by atoms with van der Waals surface area (Å²) in [7, 11) is 0.979. The molecule has 0 atom stereocenters. The van der Waals surface area contributed by atoms with Crippen molar-refractivity contribution < 1.29 is 19.4 Å². The lowest BCUT2D eigenvalue weighted by atomic mass is 10.2. The molecule has 0 spiro atoms. The molecule has 0 N–H and O–H groups in total. The van der Waals surface area contributed by atoms with Gasteiger partial charge in [-0.3, -0.25) is 10.1 Å². The zero-order valence-electron chi connectivity index (χ0n) is 8.25. The molecule has 9 nitrogen and oxygen atoms in total. The first-order valence-electron chi connectivity index (χ1n) is 3.96. The summed E-state index contributed by atoms with van der Waals surface area (Å²) in [4.78, 5) is 33.6. The lowest BCUT2D eigenvalue weighted by Crippen LogP contribution is -2.09. The van der Waals surface area contributed by atoms with Crippen molar-refractivity contribution in [2.45, 2.75) is 0 Å². The first-order chi connectivity index (χ1) is 7.88. The Balaban J connectivity index is 3.53. The SMILES string of the molecule is COC(=O)c1cc([N+](=O)[O-])c(Cl)nc1[N+](=O)[O-]. The Kier molecular flexibility index (Phi) is 3.53. The molecule has 10 heteroatoms. The van der Waals surface area contributed by atoms with E-state index in [9.17, 15) is 25.0 Å². The topological polar surface area (TPSA) is 125 Å². The number of methoxy groups -OCH3 is 1. The molecule has 0 saturated heterocycles. The third-order valence-corrected chi connectivity index (χ3v) is 1.99. The number of pyridine rings is 1. The summed E-state index contributed by atoms with van der Waals surface area (Å²) >= 11 is 5.38. The number of halogens is 1. The molecule has 0 bridgehead atoms. The van der Waals surface area contributed by atoms with E-state index in [0.717, 1.165) is 7.11 Å². The highest BCUT2D eigenvalue weighted by Gasteiger charge is 2.31. The maximum Gasteiger partial charge on any atom is 0.380 e. The summed E-state index contributed by atoms with van der Waals surface area (Å²) in [6.07, 6.45) is 0. The van der Waals surface area contributed by atoms with E-state index in [2.05, 4.69) is 9.72 Å². The minimum Gasteiger partial charge on any atom is -0.465 e. The molecule has 0 radical (unpaired) electrons. The fraction of sp³-hybridized carbons (Fsp3) is 0.143. The van der Waals surface area contributed by atoms with Crippen LogP contribution in [0, 0.1) is 20.2 Å². The molecule has 1 aromatic rings. The number of ether oxygens (including phenoxy) is 1. The van der Waals surface area contributed by atoms with Gasteiger partial charge in [0.15, 0.2) is 5.56 Å². The number of carbonyl (C=O) groups is 1. The molecule has 90 valence electrons. The minimum atomic E-state index is -1.11. The van der Waals surface area contributed by atoms with Crippen LogP contribution in [-0.4, -0.2) is 27.9 Å². The average molecular weight is 262 g/mol. The summed E-state index contributed by atoms with van der Waals surface area (Å²) in [5, 5.41) is 20.4. The smallest absolute Gasteiger partial charge is 0.380 e. The lowest BCUT2D eigenvalue weighted by Gasteiger charge is -2.00. The zero-order valence-corrected chi connectivity index (χ0v) is 9.00. The highest BCUT2D eigenvalue weighted by Crippen LogP contribution is 2.28. The van der Waals surface area contributed by atoms with Crippen LogP contribution in [0.3, 0.4) is 0 Å². The van der Waals surface area contributed by atoms with Crippen molar-refractivity contribution in [2.75, 3.05) is 7.11 Å². The molecule has 0 aliphatic rings. The van der Waals surface area contributed by atoms with E-state index in [4.69, 9.17) is 11.6 Å². The molecular formula is C7H4ClN3O6. The third kappa shape index (κ3) is 2.45. The monoisotopic (exact) mass is 261 g/mol. The lowest BCUT2D eigenvalue weighted by molar-refractivity contribution is -0.393. The fourth-order valence-corrected chi connectivity index (χ4v) is 1.20. The van der Waals surface area contributed by atoms with Crippen LogP contribution in [0.5, 0.6) is 0 Å². The predicted molar refractivity (Wildman–Crippen MR) is 53.9 cm³/mol. The van der Waals surface area contributed by atoms with E-state index in [-0.39, 0.29) is 0 Å². The van der Waals surface area contributed by atoms with Gasteiger partial charge < -0.3 is 14.9 Å². The molecule has 0 aliphatic heterocycles. The Hall–Kier alpha value is -2.29. The number of hydrogen-bond donors (Lipinski definition) is 0. The van der Waals surface area contributed by atoms with Crippen LogP contribution >= 0.6 is 11.6 Å². The van der Waals surface area contributed by atoms with Crippen LogP contribution in [0.25, 0.3) is 0 Å². The van der Waals surface area contributed by atoms with Gasteiger partial charge in [-0.25, -0.2) is 4.79 Å². The van der Waals surface area contributed by atoms with Crippen molar-refractivity contribution in [3.8, 4) is 0 Å². The number of rotatable bonds is 3. The number of esters is 1. The van der Waals surface area contributed by atoms with E-state index in [1.165, 1.54) is 0 Å². The van der Waals surface area contributed by atoms with Crippen molar-refractivity contribution in [3.05, 3.63) is 37.0 Å². The fourth-order valence-electron chi connectivity index (χ4n) is 0.999. The van der Waals surface area contributed by atoms with E-state index in [1.807, 2.05) is 0 Å². The van der Waals surface area contributed by atoms with E-state index in [1.54, 1.807) is 0 Å². The summed E-state index contributed by atoms with van der Waals surface area (Å²) in [5.41, 5.74) is -1.34. The molecule has 0 saturated carbocycles. The average Bonchev–Trinajstić information content (AvgIpc) is 2.26. The standard InChI is InChI=1S/C7H4ClN3O6/c1-17-7(12)3-2-4(10(13)14)5(8)9-6(3)11(15)16/h2H,1H3. The van der Waals surface area contributed by atoms with Gasteiger partial charge in [0.2, 0.25) is 0 Å². The van der Waals surface area contributed by atoms with Crippen LogP contribution < -0.4 is 0 Å². The molecule has 1 aromatic heterocycles. The molecule has 1 heterocycles. The van der Waals surface area contributed by atoms with Gasteiger partial charge in [-0.15, -0.1) is 0 Å². The van der Waals surface area contributed by atoms with Crippen LogP contribution in [-0.2, 0) is 4.74 Å². The van der Waals surface area contributed by atoms with Gasteiger partial charge in [0, 0.05) is 6.07 Å². The van der Waals surface area contributed by atoms with Gasteiger partial charge in [0.1, 0.15) is 0 Å². The van der Waals surface area contributed by atoms with Crippen LogP contribution in [0.1, 0.15) is 10.4 Å². The number of nitro groups is 2. The summed E-state index contributed by atoms with van der Waals surface area (Å²) in [6, 6.07) is 0.652. The first-order valence-corrected chi connectivity index (χ1v) is 4.34. The number of carbonyl (C=O) groups excluding carboxylic acids is 1. The van der Waals surface area contributed by atoms with E-state index < -0.39 is 38.0 Å².